The number of carbonyl (C=O) groups excluding carboxylic acids is 3. The summed E-state index contributed by atoms with van der Waals surface area (Å²) in [6.07, 6.45) is -0.543. The molecule has 10 nitrogen and oxygen atoms in total. The average molecular weight is 479 g/mol. The Bertz CT molecular complexity index is 1230. The summed E-state index contributed by atoms with van der Waals surface area (Å²) in [4.78, 5) is 40.7. The molecule has 0 radical (unpaired) electrons. The van der Waals surface area contributed by atoms with Crippen LogP contribution in [-0.2, 0) is 20.7 Å². The van der Waals surface area contributed by atoms with Crippen molar-refractivity contribution in [1.29, 1.82) is 0 Å². The Labute approximate surface area is 203 Å². The van der Waals surface area contributed by atoms with E-state index in [0.717, 1.165) is 16.3 Å². The number of rotatable bonds is 7. The van der Waals surface area contributed by atoms with Gasteiger partial charge in [0.15, 0.2) is 5.82 Å². The number of nitrogens with two attached hydrogens (primary N) is 1. The molecule has 0 bridgehead atoms. The number of aromatic amines is 1. The SMILES string of the molecule is C[C@H](NC(=O)OC(C)(C)C)C(=O)N[C@@H](Cc1ccccc1)C(=O)N=Nc1[nH]c(N)c2ccccc12. The van der Waals surface area contributed by atoms with E-state index in [-0.39, 0.29) is 6.42 Å². The Balaban J connectivity index is 1.76. The van der Waals surface area contributed by atoms with Crippen molar-refractivity contribution in [1.82, 2.24) is 15.6 Å². The maximum Gasteiger partial charge on any atom is 0.408 e. The minimum Gasteiger partial charge on any atom is -0.444 e. The third-order valence-electron chi connectivity index (χ3n) is 5.00. The highest BCUT2D eigenvalue weighted by molar-refractivity contribution is 5.99. The third-order valence-corrected chi connectivity index (χ3v) is 5.00. The fraction of sp³-hybridized carbons (Fsp3) is 0.320. The topological polar surface area (TPSA) is 151 Å². The van der Waals surface area contributed by atoms with Gasteiger partial charge in [0.05, 0.1) is 0 Å². The van der Waals surface area contributed by atoms with Crippen molar-refractivity contribution >= 4 is 40.3 Å². The molecule has 10 heteroatoms. The first-order valence-electron chi connectivity index (χ1n) is 11.2. The number of H-pyrrole nitrogens is 1. The van der Waals surface area contributed by atoms with E-state index in [1.807, 2.05) is 54.6 Å². The van der Waals surface area contributed by atoms with Gasteiger partial charge in [-0.15, -0.1) is 10.2 Å². The zero-order chi connectivity index (χ0) is 25.6. The van der Waals surface area contributed by atoms with Crippen LogP contribution in [-0.4, -0.2) is 40.6 Å². The van der Waals surface area contributed by atoms with Gasteiger partial charge >= 0.3 is 6.09 Å². The van der Waals surface area contributed by atoms with Crippen LogP contribution >= 0.6 is 0 Å². The van der Waals surface area contributed by atoms with E-state index in [0.29, 0.717) is 11.6 Å². The molecule has 35 heavy (non-hydrogen) atoms. The van der Waals surface area contributed by atoms with Crippen LogP contribution < -0.4 is 16.4 Å². The summed E-state index contributed by atoms with van der Waals surface area (Å²) in [5.41, 5.74) is 6.09. The first-order chi connectivity index (χ1) is 16.5. The number of alkyl carbamates (subject to hydrolysis) is 1. The van der Waals surface area contributed by atoms with Gasteiger partial charge in [-0.05, 0) is 33.3 Å². The average Bonchev–Trinajstić information content (AvgIpc) is 3.12. The molecule has 3 amide bonds. The number of amides is 3. The molecule has 0 saturated heterocycles. The summed E-state index contributed by atoms with van der Waals surface area (Å²) in [5, 5.41) is 14.5. The number of aromatic nitrogens is 1. The predicted octanol–water partition coefficient (Wildman–Crippen LogP) is 4.00. The molecule has 0 unspecified atom stereocenters. The van der Waals surface area contributed by atoms with Gasteiger partial charge in [-0.2, -0.15) is 0 Å². The molecule has 0 aliphatic rings. The second kappa shape index (κ2) is 10.8. The molecule has 0 aliphatic heterocycles. The molecule has 2 aromatic carbocycles. The van der Waals surface area contributed by atoms with Gasteiger partial charge in [0.1, 0.15) is 23.5 Å². The molecule has 0 spiro atoms. The molecule has 3 aromatic rings. The van der Waals surface area contributed by atoms with Crippen molar-refractivity contribution in [2.75, 3.05) is 5.73 Å². The highest BCUT2D eigenvalue weighted by Gasteiger charge is 2.26. The van der Waals surface area contributed by atoms with Gasteiger partial charge in [-0.25, -0.2) is 4.79 Å². The van der Waals surface area contributed by atoms with E-state index in [1.54, 1.807) is 20.8 Å². The maximum absolute atomic E-state index is 13.0. The zero-order valence-electron chi connectivity index (χ0n) is 20.2. The molecule has 1 aromatic heterocycles. The number of fused-ring (bicyclic) bond motifs is 1. The number of ether oxygens (including phenoxy) is 1. The van der Waals surface area contributed by atoms with Crippen LogP contribution in [0.1, 0.15) is 33.3 Å². The number of nitrogens with zero attached hydrogens (tertiary/aromatic N) is 2. The van der Waals surface area contributed by atoms with Gasteiger partial charge in [-0.3, -0.25) is 9.59 Å². The lowest BCUT2D eigenvalue weighted by Gasteiger charge is -2.23. The van der Waals surface area contributed by atoms with Gasteiger partial charge in [-0.1, -0.05) is 54.6 Å². The predicted molar refractivity (Wildman–Crippen MR) is 133 cm³/mol. The number of anilines is 1. The lowest BCUT2D eigenvalue weighted by Crippen LogP contribution is -2.51. The molecule has 0 saturated carbocycles. The summed E-state index contributed by atoms with van der Waals surface area (Å²) in [7, 11) is 0. The lowest BCUT2D eigenvalue weighted by atomic mass is 10.1. The van der Waals surface area contributed by atoms with Gasteiger partial charge in [0, 0.05) is 17.2 Å². The Morgan fingerprint density at radius 1 is 1.00 bits per heavy atom. The van der Waals surface area contributed by atoms with Gasteiger partial charge in [0.2, 0.25) is 5.91 Å². The van der Waals surface area contributed by atoms with Gasteiger partial charge in [0.25, 0.3) is 5.91 Å². The fourth-order valence-corrected chi connectivity index (χ4v) is 3.33. The molecular weight excluding hydrogens is 448 g/mol. The summed E-state index contributed by atoms with van der Waals surface area (Å²) in [6.45, 7) is 6.66. The van der Waals surface area contributed by atoms with Crippen LogP contribution in [0.15, 0.2) is 64.8 Å². The van der Waals surface area contributed by atoms with Crippen molar-refractivity contribution in [3.05, 3.63) is 60.2 Å². The molecular formula is C25H30N6O4. The van der Waals surface area contributed by atoms with Crippen molar-refractivity contribution < 1.29 is 19.1 Å². The molecule has 184 valence electrons. The fourth-order valence-electron chi connectivity index (χ4n) is 3.33. The third kappa shape index (κ3) is 7.13. The van der Waals surface area contributed by atoms with E-state index < -0.39 is 35.6 Å². The number of nitrogens with one attached hydrogen (secondary N) is 3. The van der Waals surface area contributed by atoms with Crippen LogP contribution in [0.4, 0.5) is 16.4 Å². The minimum absolute atomic E-state index is 0.192. The first kappa shape index (κ1) is 25.4. The van der Waals surface area contributed by atoms with E-state index in [1.165, 1.54) is 6.92 Å². The van der Waals surface area contributed by atoms with E-state index in [4.69, 9.17) is 10.5 Å². The van der Waals surface area contributed by atoms with Crippen LogP contribution in [0, 0.1) is 0 Å². The maximum atomic E-state index is 13.0. The monoisotopic (exact) mass is 478 g/mol. The highest BCUT2D eigenvalue weighted by Crippen LogP contribution is 2.30. The largest absolute Gasteiger partial charge is 0.444 e. The number of carbonyl (C=O) groups is 3. The quantitative estimate of drug-likeness (QED) is 0.378. The molecule has 0 fully saturated rings. The second-order valence-corrected chi connectivity index (χ2v) is 9.09. The molecule has 5 N–H and O–H groups in total. The van der Waals surface area contributed by atoms with Crippen molar-refractivity contribution in [2.45, 2.75) is 51.8 Å². The Morgan fingerprint density at radius 3 is 2.29 bits per heavy atom. The van der Waals surface area contributed by atoms with Crippen molar-refractivity contribution in [3.63, 3.8) is 0 Å². The molecule has 0 aliphatic carbocycles. The minimum atomic E-state index is -1.00. The summed E-state index contributed by atoms with van der Waals surface area (Å²) < 4.78 is 5.19. The Kier molecular flexibility index (Phi) is 7.85. The summed E-state index contributed by atoms with van der Waals surface area (Å²) in [5.74, 6) is -0.451. The van der Waals surface area contributed by atoms with E-state index in [9.17, 15) is 14.4 Å². The zero-order valence-corrected chi connectivity index (χ0v) is 20.2. The number of nitrogen functional groups attached to an aromatic ring is 1. The molecule has 1 heterocycles. The van der Waals surface area contributed by atoms with Crippen LogP contribution in [0.3, 0.4) is 0 Å². The molecule has 2 atom stereocenters. The standard InChI is InChI=1S/C25H30N6O4/c1-15(27-24(34)35-25(2,3)4)22(32)28-19(14-16-10-6-5-7-11-16)23(33)31-30-21-18-13-9-8-12-17(18)20(26)29-21/h5-13,15,19,29H,14,26H2,1-4H3,(H,27,34)(H,28,32)/t15-,19-/m0/s1. The molecule has 3 rings (SSSR count). The van der Waals surface area contributed by atoms with Crippen molar-refractivity contribution in [3.8, 4) is 0 Å². The van der Waals surface area contributed by atoms with Crippen LogP contribution in [0.2, 0.25) is 0 Å². The smallest absolute Gasteiger partial charge is 0.408 e. The Morgan fingerprint density at radius 2 is 1.63 bits per heavy atom. The number of hydrogen-bond donors (Lipinski definition) is 4. The normalized spacial score (nSPS) is 13.4. The second-order valence-electron chi connectivity index (χ2n) is 9.09. The number of hydrogen-bond acceptors (Lipinski definition) is 6. The van der Waals surface area contributed by atoms with E-state index in [2.05, 4.69) is 25.8 Å². The van der Waals surface area contributed by atoms with E-state index >= 15 is 0 Å². The van der Waals surface area contributed by atoms with Crippen molar-refractivity contribution in [2.24, 2.45) is 10.2 Å². The highest BCUT2D eigenvalue weighted by atomic mass is 16.6. The number of benzene rings is 2. The Hall–Kier alpha value is -4.21. The van der Waals surface area contributed by atoms with Crippen LogP contribution in [0.25, 0.3) is 10.8 Å². The lowest BCUT2D eigenvalue weighted by molar-refractivity contribution is -0.128. The number of azo groups is 1. The summed E-state index contributed by atoms with van der Waals surface area (Å²) >= 11 is 0. The summed E-state index contributed by atoms with van der Waals surface area (Å²) in [6, 6.07) is 14.6. The first-order valence-corrected chi connectivity index (χ1v) is 11.2. The van der Waals surface area contributed by atoms with Gasteiger partial charge < -0.3 is 26.1 Å². The van der Waals surface area contributed by atoms with Crippen LogP contribution in [0.5, 0.6) is 0 Å².